The van der Waals surface area contributed by atoms with Crippen molar-refractivity contribution in [3.8, 4) is 56.2 Å². The topological polar surface area (TPSA) is 38.7 Å². The van der Waals surface area contributed by atoms with E-state index in [1.165, 1.54) is 52.7 Å². The average Bonchev–Trinajstić information content (AvgIpc) is 3.65. The van der Waals surface area contributed by atoms with Crippen LogP contribution in [0.15, 0.2) is 188 Å². The molecule has 0 aliphatic carbocycles. The van der Waals surface area contributed by atoms with Crippen LogP contribution < -0.4 is 0 Å². The van der Waals surface area contributed by atoms with Crippen LogP contribution in [0.2, 0.25) is 0 Å². The predicted molar refractivity (Wildman–Crippen MR) is 232 cm³/mol. The van der Waals surface area contributed by atoms with Crippen LogP contribution in [0.1, 0.15) is 0 Å². The molecule has 0 aliphatic heterocycles. The molecule has 55 heavy (non-hydrogen) atoms. The number of nitrogens with zero attached hydrogens (tertiary/aromatic N) is 3. The highest BCUT2D eigenvalue weighted by Gasteiger charge is 2.18. The van der Waals surface area contributed by atoms with Gasteiger partial charge in [0.2, 0.25) is 0 Å². The number of pyridine rings is 1. The summed E-state index contributed by atoms with van der Waals surface area (Å²) in [7, 11) is 0. The van der Waals surface area contributed by atoms with Gasteiger partial charge < -0.3 is 0 Å². The van der Waals surface area contributed by atoms with E-state index in [4.69, 9.17) is 15.0 Å². The molecule has 0 spiro atoms. The Morgan fingerprint density at radius 3 is 1.84 bits per heavy atom. The summed E-state index contributed by atoms with van der Waals surface area (Å²) in [6.07, 6.45) is 1.95. The Balaban J connectivity index is 1.20. The van der Waals surface area contributed by atoms with Gasteiger partial charge >= 0.3 is 0 Å². The minimum absolute atomic E-state index is 0.695. The molecule has 11 rings (SSSR count). The Labute approximate surface area is 321 Å². The largest absolute Gasteiger partial charge is 0.255 e. The van der Waals surface area contributed by atoms with Gasteiger partial charge in [-0.3, -0.25) is 4.98 Å². The monoisotopic (exact) mass is 717 g/mol. The van der Waals surface area contributed by atoms with Gasteiger partial charge in [-0.15, -0.1) is 11.3 Å². The normalized spacial score (nSPS) is 11.6. The van der Waals surface area contributed by atoms with Gasteiger partial charge in [0.05, 0.1) is 21.6 Å². The molecule has 4 heteroatoms. The van der Waals surface area contributed by atoms with Crippen LogP contribution in [0, 0.1) is 0 Å². The smallest absolute Gasteiger partial charge is 0.160 e. The Bertz CT molecular complexity index is 3270. The standard InChI is InChI=1S/C51H31N3S/c1-2-13-33(14-3-1)51-53-46(36-23-22-32-12-4-5-15-34(32)26-36)31-47(54-51)39-28-37(41-24-25-52-49-44-20-10-11-21-48(44)55-50(41)49)27-38(29-39)45-30-35-16-6-7-17-40(35)42-18-8-9-19-43(42)45/h1-31H. The van der Waals surface area contributed by atoms with Crippen LogP contribution in [0.4, 0.5) is 0 Å². The molecule has 0 N–H and O–H groups in total. The fraction of sp³-hybridized carbons (Fsp3) is 0. The zero-order valence-electron chi connectivity index (χ0n) is 29.6. The van der Waals surface area contributed by atoms with Crippen LogP contribution in [0.5, 0.6) is 0 Å². The van der Waals surface area contributed by atoms with Crippen molar-refractivity contribution in [2.75, 3.05) is 0 Å². The summed E-state index contributed by atoms with van der Waals surface area (Å²) in [5.41, 5.74) is 10.4. The summed E-state index contributed by atoms with van der Waals surface area (Å²) in [6, 6.07) is 65.0. The number of thiophene rings is 1. The number of hydrogen-bond donors (Lipinski definition) is 0. The number of rotatable bonds is 5. The fourth-order valence-corrected chi connectivity index (χ4v) is 9.22. The molecule has 3 aromatic heterocycles. The molecule has 3 heterocycles. The lowest BCUT2D eigenvalue weighted by Gasteiger charge is -2.16. The number of hydrogen-bond acceptors (Lipinski definition) is 4. The van der Waals surface area contributed by atoms with Crippen LogP contribution in [-0.2, 0) is 0 Å². The molecule has 3 nitrogen and oxygen atoms in total. The number of aromatic nitrogens is 3. The quantitative estimate of drug-likeness (QED) is 0.166. The molecular weight excluding hydrogens is 687 g/mol. The van der Waals surface area contributed by atoms with Gasteiger partial charge in [0.15, 0.2) is 5.82 Å². The SMILES string of the molecule is c1ccc(-c2nc(-c3cc(-c4cc5ccccc5c5ccccc45)cc(-c4ccnc5c4sc4ccccc45)c3)cc(-c3ccc4ccccc4c3)n2)cc1. The van der Waals surface area contributed by atoms with Crippen molar-refractivity contribution in [1.82, 2.24) is 15.0 Å². The summed E-state index contributed by atoms with van der Waals surface area (Å²) in [5, 5.41) is 8.49. The Kier molecular flexibility index (Phi) is 7.35. The second-order valence-electron chi connectivity index (χ2n) is 14.0. The minimum atomic E-state index is 0.695. The van der Waals surface area contributed by atoms with E-state index >= 15 is 0 Å². The van der Waals surface area contributed by atoms with E-state index in [0.29, 0.717) is 5.82 Å². The van der Waals surface area contributed by atoms with Crippen molar-refractivity contribution < 1.29 is 0 Å². The van der Waals surface area contributed by atoms with Gasteiger partial charge in [0.1, 0.15) is 0 Å². The van der Waals surface area contributed by atoms with Gasteiger partial charge in [-0.2, -0.15) is 0 Å². The van der Waals surface area contributed by atoms with E-state index in [0.717, 1.165) is 50.3 Å². The highest BCUT2D eigenvalue weighted by molar-refractivity contribution is 7.26. The zero-order valence-corrected chi connectivity index (χ0v) is 30.5. The summed E-state index contributed by atoms with van der Waals surface area (Å²) < 4.78 is 2.41. The van der Waals surface area contributed by atoms with Crippen molar-refractivity contribution in [3.63, 3.8) is 0 Å². The molecule has 0 amide bonds. The molecular formula is C51H31N3S. The maximum Gasteiger partial charge on any atom is 0.160 e. The molecule has 0 aliphatic rings. The van der Waals surface area contributed by atoms with E-state index < -0.39 is 0 Å². The van der Waals surface area contributed by atoms with Gasteiger partial charge in [-0.1, -0.05) is 133 Å². The van der Waals surface area contributed by atoms with Crippen LogP contribution in [0.3, 0.4) is 0 Å². The second-order valence-corrected chi connectivity index (χ2v) is 15.1. The molecule has 0 saturated heterocycles. The molecule has 11 aromatic rings. The molecule has 256 valence electrons. The van der Waals surface area contributed by atoms with E-state index in [9.17, 15) is 0 Å². The second kappa shape index (κ2) is 12.8. The highest BCUT2D eigenvalue weighted by Crippen LogP contribution is 2.43. The molecule has 0 atom stereocenters. The van der Waals surface area contributed by atoms with E-state index in [1.54, 1.807) is 11.3 Å². The van der Waals surface area contributed by atoms with E-state index in [2.05, 4.69) is 164 Å². The van der Waals surface area contributed by atoms with Crippen molar-refractivity contribution in [1.29, 1.82) is 0 Å². The third-order valence-corrected chi connectivity index (χ3v) is 11.9. The summed E-state index contributed by atoms with van der Waals surface area (Å²) >= 11 is 1.80. The summed E-state index contributed by atoms with van der Waals surface area (Å²) in [4.78, 5) is 15.4. The number of benzene rings is 8. The molecule has 8 aromatic carbocycles. The first-order valence-corrected chi connectivity index (χ1v) is 19.3. The van der Waals surface area contributed by atoms with E-state index in [1.807, 2.05) is 24.4 Å². The molecule has 0 unspecified atom stereocenters. The highest BCUT2D eigenvalue weighted by atomic mass is 32.1. The maximum atomic E-state index is 5.32. The zero-order chi connectivity index (χ0) is 36.3. The van der Waals surface area contributed by atoms with Crippen molar-refractivity contribution in [2.24, 2.45) is 0 Å². The average molecular weight is 718 g/mol. The predicted octanol–water partition coefficient (Wildman–Crippen LogP) is 14.0. The van der Waals surface area contributed by atoms with Crippen LogP contribution in [-0.4, -0.2) is 15.0 Å². The van der Waals surface area contributed by atoms with Gasteiger partial charge in [0, 0.05) is 38.5 Å². The lowest BCUT2D eigenvalue weighted by atomic mass is 9.90. The number of fused-ring (bicyclic) bond motifs is 7. The van der Waals surface area contributed by atoms with Gasteiger partial charge in [-0.05, 0) is 97.5 Å². The first kappa shape index (κ1) is 31.5. The van der Waals surface area contributed by atoms with Crippen molar-refractivity contribution >= 4 is 64.0 Å². The third-order valence-electron chi connectivity index (χ3n) is 10.7. The van der Waals surface area contributed by atoms with Gasteiger partial charge in [-0.25, -0.2) is 9.97 Å². The summed E-state index contributed by atoms with van der Waals surface area (Å²) in [5.74, 6) is 0.695. The van der Waals surface area contributed by atoms with E-state index in [-0.39, 0.29) is 0 Å². The first-order chi connectivity index (χ1) is 27.2. The lowest BCUT2D eigenvalue weighted by molar-refractivity contribution is 1.18. The maximum absolute atomic E-state index is 5.32. The first-order valence-electron chi connectivity index (χ1n) is 18.5. The van der Waals surface area contributed by atoms with Gasteiger partial charge in [0.25, 0.3) is 0 Å². The van der Waals surface area contributed by atoms with Crippen LogP contribution in [0.25, 0.3) is 109 Å². The molecule has 0 fully saturated rings. The summed E-state index contributed by atoms with van der Waals surface area (Å²) in [6.45, 7) is 0. The molecule has 0 radical (unpaired) electrons. The third kappa shape index (κ3) is 5.46. The Morgan fingerprint density at radius 1 is 0.364 bits per heavy atom. The van der Waals surface area contributed by atoms with Crippen LogP contribution >= 0.6 is 11.3 Å². The minimum Gasteiger partial charge on any atom is -0.255 e. The molecule has 0 saturated carbocycles. The molecule has 0 bridgehead atoms. The lowest BCUT2D eigenvalue weighted by Crippen LogP contribution is -1.97. The van der Waals surface area contributed by atoms with Crippen molar-refractivity contribution in [2.45, 2.75) is 0 Å². The van der Waals surface area contributed by atoms with Crippen molar-refractivity contribution in [3.05, 3.63) is 188 Å². The Hall–Kier alpha value is -7.01. The fourth-order valence-electron chi connectivity index (χ4n) is 8.02. The Morgan fingerprint density at radius 2 is 1.00 bits per heavy atom.